The molecule has 1 aliphatic rings. The molecule has 7 heteroatoms. The second-order valence-corrected chi connectivity index (χ2v) is 9.28. The van der Waals surface area contributed by atoms with E-state index < -0.39 is 21.3 Å². The molecule has 2 N–H and O–H groups in total. The molecule has 0 atom stereocenters. The Morgan fingerprint density at radius 1 is 1.04 bits per heavy atom. The quantitative estimate of drug-likeness (QED) is 0.778. The predicted molar refractivity (Wildman–Crippen MR) is 109 cm³/mol. The molecule has 2 aromatic rings. The van der Waals surface area contributed by atoms with E-state index in [2.05, 4.69) is 10.0 Å². The van der Waals surface area contributed by atoms with Gasteiger partial charge >= 0.3 is 0 Å². The highest BCUT2D eigenvalue weighted by Gasteiger charge is 2.41. The zero-order valence-corrected chi connectivity index (χ0v) is 16.9. The Morgan fingerprint density at radius 2 is 1.68 bits per heavy atom. The zero-order valence-electron chi connectivity index (χ0n) is 16.1. The maximum Gasteiger partial charge on any atom is 0.235 e. The van der Waals surface area contributed by atoms with Gasteiger partial charge in [-0.25, -0.2) is 12.8 Å². The van der Waals surface area contributed by atoms with Gasteiger partial charge in [-0.05, 0) is 55.2 Å². The maximum absolute atomic E-state index is 14.2. The lowest BCUT2D eigenvalue weighted by atomic mass is 9.68. The van der Waals surface area contributed by atoms with E-state index in [0.29, 0.717) is 18.5 Å². The van der Waals surface area contributed by atoms with Crippen LogP contribution >= 0.6 is 0 Å². The van der Waals surface area contributed by atoms with Crippen LogP contribution in [0, 0.1) is 12.7 Å². The minimum absolute atomic E-state index is 0.177. The van der Waals surface area contributed by atoms with Crippen molar-refractivity contribution in [3.63, 3.8) is 0 Å². The van der Waals surface area contributed by atoms with Gasteiger partial charge in [0.2, 0.25) is 15.9 Å². The number of hydrogen-bond acceptors (Lipinski definition) is 3. The molecule has 0 saturated heterocycles. The van der Waals surface area contributed by atoms with Crippen molar-refractivity contribution in [1.29, 1.82) is 0 Å². The number of aryl methyl sites for hydroxylation is 1. The summed E-state index contributed by atoms with van der Waals surface area (Å²) in [7, 11) is -3.37. The third kappa shape index (κ3) is 4.52. The van der Waals surface area contributed by atoms with Crippen LogP contribution in [0.2, 0.25) is 0 Å². The highest BCUT2D eigenvalue weighted by atomic mass is 32.2. The Hall–Kier alpha value is -2.41. The normalized spacial score (nSPS) is 16.4. The number of carbonyl (C=O) groups is 1. The summed E-state index contributed by atoms with van der Waals surface area (Å²) in [5.41, 5.74) is 1.48. The fourth-order valence-corrected chi connectivity index (χ4v) is 4.40. The number of anilines is 2. The molecule has 28 heavy (non-hydrogen) atoms. The number of carbonyl (C=O) groups excluding carboxylic acids is 1. The molecular formula is C21H25FN2O3S. The highest BCUT2D eigenvalue weighted by molar-refractivity contribution is 7.92. The molecule has 0 aliphatic heterocycles. The molecular weight excluding hydrogens is 379 g/mol. The molecule has 0 heterocycles. The predicted octanol–water partition coefficient (Wildman–Crippen LogP) is 4.35. The largest absolute Gasteiger partial charge is 0.323 e. The van der Waals surface area contributed by atoms with E-state index in [1.54, 1.807) is 43.3 Å². The third-order valence-electron chi connectivity index (χ3n) is 5.26. The van der Waals surface area contributed by atoms with Crippen molar-refractivity contribution in [2.45, 2.75) is 44.4 Å². The average molecular weight is 405 g/mol. The Labute approximate surface area is 165 Å². The highest BCUT2D eigenvalue weighted by Crippen LogP contribution is 2.41. The SMILES string of the molecule is Cc1ccc(NC(=O)C2(c3ccc(NS(C)(=O)=O)cc3)CCCCC2)c(F)c1. The second kappa shape index (κ2) is 7.91. The van der Waals surface area contributed by atoms with Crippen molar-refractivity contribution in [2.75, 3.05) is 16.3 Å². The molecule has 1 saturated carbocycles. The molecule has 150 valence electrons. The van der Waals surface area contributed by atoms with Gasteiger partial charge < -0.3 is 5.32 Å². The van der Waals surface area contributed by atoms with Crippen LogP contribution in [0.25, 0.3) is 0 Å². The molecule has 0 spiro atoms. The van der Waals surface area contributed by atoms with Gasteiger partial charge in [0.15, 0.2) is 0 Å². The summed E-state index contributed by atoms with van der Waals surface area (Å²) in [6.45, 7) is 1.80. The van der Waals surface area contributed by atoms with Crippen molar-refractivity contribution in [3.8, 4) is 0 Å². The van der Waals surface area contributed by atoms with Gasteiger partial charge in [0.1, 0.15) is 5.82 Å². The number of halogens is 1. The number of nitrogens with one attached hydrogen (secondary N) is 2. The molecule has 0 radical (unpaired) electrons. The van der Waals surface area contributed by atoms with E-state index in [1.165, 1.54) is 6.07 Å². The van der Waals surface area contributed by atoms with E-state index >= 15 is 0 Å². The molecule has 0 aromatic heterocycles. The number of hydrogen-bond donors (Lipinski definition) is 2. The van der Waals surface area contributed by atoms with Gasteiger partial charge in [0.05, 0.1) is 17.4 Å². The standard InChI is InChI=1S/C21H25FN2O3S/c1-15-6-11-19(18(22)14-15)23-20(25)21(12-4-3-5-13-21)16-7-9-17(10-8-16)24-28(2,26)27/h6-11,14,24H,3-5,12-13H2,1-2H3,(H,23,25). The summed E-state index contributed by atoms with van der Waals surface area (Å²) < 4.78 is 39.5. The van der Waals surface area contributed by atoms with Gasteiger partial charge in [-0.1, -0.05) is 37.5 Å². The van der Waals surface area contributed by atoms with E-state index in [0.717, 1.165) is 36.6 Å². The van der Waals surface area contributed by atoms with E-state index in [4.69, 9.17) is 0 Å². The van der Waals surface area contributed by atoms with Crippen molar-refractivity contribution < 1.29 is 17.6 Å². The van der Waals surface area contributed by atoms with E-state index in [1.807, 2.05) is 0 Å². The fourth-order valence-electron chi connectivity index (χ4n) is 3.84. The molecule has 1 amide bonds. The fraction of sp³-hybridized carbons (Fsp3) is 0.381. The van der Waals surface area contributed by atoms with Crippen molar-refractivity contribution in [1.82, 2.24) is 0 Å². The van der Waals surface area contributed by atoms with Crippen LogP contribution in [0.1, 0.15) is 43.2 Å². The molecule has 0 bridgehead atoms. The number of rotatable bonds is 5. The molecule has 5 nitrogen and oxygen atoms in total. The van der Waals surface area contributed by atoms with Crippen LogP contribution in [0.3, 0.4) is 0 Å². The lowest BCUT2D eigenvalue weighted by Gasteiger charge is -2.36. The summed E-state index contributed by atoms with van der Waals surface area (Å²) in [5.74, 6) is -0.675. The molecule has 3 rings (SSSR count). The number of sulfonamides is 1. The van der Waals surface area contributed by atoms with E-state index in [-0.39, 0.29) is 11.6 Å². The lowest BCUT2D eigenvalue weighted by molar-refractivity contribution is -0.122. The maximum atomic E-state index is 14.2. The number of benzene rings is 2. The summed E-state index contributed by atoms with van der Waals surface area (Å²) in [6.07, 6.45) is 5.31. The van der Waals surface area contributed by atoms with Crippen LogP contribution in [0.5, 0.6) is 0 Å². The molecule has 0 unspecified atom stereocenters. The summed E-state index contributed by atoms with van der Waals surface area (Å²) >= 11 is 0. The Morgan fingerprint density at radius 3 is 2.25 bits per heavy atom. The average Bonchev–Trinajstić information content (AvgIpc) is 2.64. The Bertz CT molecular complexity index is 966. The zero-order chi connectivity index (χ0) is 20.4. The Balaban J connectivity index is 1.90. The minimum Gasteiger partial charge on any atom is -0.323 e. The van der Waals surface area contributed by atoms with E-state index in [9.17, 15) is 17.6 Å². The Kier molecular flexibility index (Phi) is 5.74. The molecule has 1 fully saturated rings. The summed E-state index contributed by atoms with van der Waals surface area (Å²) in [5, 5.41) is 2.77. The van der Waals surface area contributed by atoms with Gasteiger partial charge in [0, 0.05) is 5.69 Å². The first-order valence-electron chi connectivity index (χ1n) is 9.36. The van der Waals surface area contributed by atoms with Gasteiger partial charge in [-0.2, -0.15) is 0 Å². The van der Waals surface area contributed by atoms with Crippen LogP contribution in [0.15, 0.2) is 42.5 Å². The first-order chi connectivity index (χ1) is 13.2. The van der Waals surface area contributed by atoms with Gasteiger partial charge in [-0.3, -0.25) is 9.52 Å². The van der Waals surface area contributed by atoms with Crippen LogP contribution in [0.4, 0.5) is 15.8 Å². The minimum atomic E-state index is -3.37. The smallest absolute Gasteiger partial charge is 0.235 e. The summed E-state index contributed by atoms with van der Waals surface area (Å²) in [6, 6.07) is 11.6. The second-order valence-electron chi connectivity index (χ2n) is 7.53. The van der Waals surface area contributed by atoms with Crippen LogP contribution in [-0.4, -0.2) is 20.6 Å². The molecule has 2 aromatic carbocycles. The number of amides is 1. The monoisotopic (exact) mass is 404 g/mol. The van der Waals surface area contributed by atoms with Crippen LogP contribution < -0.4 is 10.0 Å². The van der Waals surface area contributed by atoms with Crippen molar-refractivity contribution in [2.24, 2.45) is 0 Å². The van der Waals surface area contributed by atoms with Crippen LogP contribution in [-0.2, 0) is 20.2 Å². The van der Waals surface area contributed by atoms with Crippen molar-refractivity contribution in [3.05, 3.63) is 59.4 Å². The third-order valence-corrected chi connectivity index (χ3v) is 5.86. The molecule has 1 aliphatic carbocycles. The topological polar surface area (TPSA) is 75.3 Å². The first kappa shape index (κ1) is 20.3. The first-order valence-corrected chi connectivity index (χ1v) is 11.2. The van der Waals surface area contributed by atoms with Gasteiger partial charge in [0.25, 0.3) is 0 Å². The van der Waals surface area contributed by atoms with Gasteiger partial charge in [-0.15, -0.1) is 0 Å². The lowest BCUT2D eigenvalue weighted by Crippen LogP contribution is -2.42. The summed E-state index contributed by atoms with van der Waals surface area (Å²) in [4.78, 5) is 13.3. The van der Waals surface area contributed by atoms with Crippen molar-refractivity contribution >= 4 is 27.3 Å².